The molecule has 1 aromatic heterocycles. The molecule has 0 saturated carbocycles. The lowest BCUT2D eigenvalue weighted by atomic mass is 10.3. The second-order valence-electron chi connectivity index (χ2n) is 4.22. The Morgan fingerprint density at radius 2 is 2.10 bits per heavy atom. The highest BCUT2D eigenvalue weighted by Gasteiger charge is 2.16. The number of thioether (sulfide) groups is 1. The minimum absolute atomic E-state index is 0.0296. The largest absolute Gasteiger partial charge is 0.355 e. The molecule has 21 heavy (non-hydrogen) atoms. The number of likely N-dealkylation sites (N-methyl/N-ethyl adjacent to an activating group) is 1. The number of nitrogens with one attached hydrogen (secondary N) is 2. The number of hydrogen-bond acceptors (Lipinski definition) is 7. The predicted octanol–water partition coefficient (Wildman–Crippen LogP) is -1.61. The number of nitrogen functional groups attached to an aromatic ring is 1. The van der Waals surface area contributed by atoms with E-state index < -0.39 is 11.6 Å². The molecule has 9 nitrogen and oxygen atoms in total. The number of hydrogen-bond donors (Lipinski definition) is 3. The summed E-state index contributed by atoms with van der Waals surface area (Å²) in [4.78, 5) is 34.7. The Hall–Kier alpha value is -2.10. The third-order valence-corrected chi connectivity index (χ3v) is 3.42. The maximum atomic E-state index is 11.7. The molecular weight excluding hydrogens is 296 g/mol. The molecule has 2 amide bonds. The number of aromatic nitrogens is 3. The van der Waals surface area contributed by atoms with Crippen molar-refractivity contribution in [2.24, 2.45) is 0 Å². The van der Waals surface area contributed by atoms with Crippen LogP contribution in [0.15, 0.2) is 9.95 Å². The summed E-state index contributed by atoms with van der Waals surface area (Å²) in [5.74, 6) is 4.88. The molecule has 1 aromatic rings. The lowest BCUT2D eigenvalue weighted by Gasteiger charge is -2.13. The summed E-state index contributed by atoms with van der Waals surface area (Å²) in [6.45, 7) is 5.36. The van der Waals surface area contributed by atoms with Gasteiger partial charge in [0.2, 0.25) is 17.0 Å². The zero-order chi connectivity index (χ0) is 16.0. The van der Waals surface area contributed by atoms with E-state index in [2.05, 4.69) is 20.8 Å². The Bertz CT molecular complexity index is 588. The fourth-order valence-electron chi connectivity index (χ4n) is 1.37. The highest BCUT2D eigenvalue weighted by Crippen LogP contribution is 2.10. The Kier molecular flexibility index (Phi) is 6.15. The minimum atomic E-state index is -0.637. The van der Waals surface area contributed by atoms with Crippen LogP contribution in [-0.2, 0) is 9.59 Å². The Morgan fingerprint density at radius 3 is 2.71 bits per heavy atom. The lowest BCUT2D eigenvalue weighted by molar-refractivity contribution is -0.127. The van der Waals surface area contributed by atoms with E-state index in [0.717, 1.165) is 16.4 Å². The fourth-order valence-corrected chi connectivity index (χ4v) is 2.04. The van der Waals surface area contributed by atoms with Gasteiger partial charge in [0.25, 0.3) is 5.56 Å². The summed E-state index contributed by atoms with van der Waals surface area (Å²) in [7, 11) is 0. The number of nitrogens with two attached hydrogens (primary N) is 1. The average Bonchev–Trinajstić information content (AvgIpc) is 2.44. The molecule has 0 bridgehead atoms. The van der Waals surface area contributed by atoms with E-state index >= 15 is 0 Å². The molecule has 1 rings (SSSR count). The van der Waals surface area contributed by atoms with Gasteiger partial charge in [-0.25, -0.2) is 0 Å². The molecule has 0 aliphatic rings. The van der Waals surface area contributed by atoms with Crippen molar-refractivity contribution in [3.8, 4) is 0 Å². The summed E-state index contributed by atoms with van der Waals surface area (Å²) in [6.07, 6.45) is 0. The number of nitrogens with zero attached hydrogens (tertiary/aromatic N) is 3. The van der Waals surface area contributed by atoms with Crippen molar-refractivity contribution in [3.63, 3.8) is 0 Å². The van der Waals surface area contributed by atoms with Crippen LogP contribution in [0.2, 0.25) is 0 Å². The zero-order valence-electron chi connectivity index (χ0n) is 12.0. The molecule has 0 saturated heterocycles. The second-order valence-corrected chi connectivity index (χ2v) is 5.16. The van der Waals surface area contributed by atoms with Crippen LogP contribution in [0.25, 0.3) is 0 Å². The second kappa shape index (κ2) is 7.62. The molecular formula is C11H18N6O3S. The Morgan fingerprint density at radius 1 is 1.43 bits per heavy atom. The molecule has 1 atom stereocenters. The van der Waals surface area contributed by atoms with Crippen LogP contribution in [0.1, 0.15) is 19.5 Å². The monoisotopic (exact) mass is 314 g/mol. The normalized spacial score (nSPS) is 11.8. The van der Waals surface area contributed by atoms with Gasteiger partial charge in [-0.2, -0.15) is 4.68 Å². The molecule has 0 fully saturated rings. The van der Waals surface area contributed by atoms with Gasteiger partial charge < -0.3 is 16.5 Å². The van der Waals surface area contributed by atoms with Gasteiger partial charge in [-0.15, -0.1) is 10.2 Å². The predicted molar refractivity (Wildman–Crippen MR) is 78.2 cm³/mol. The van der Waals surface area contributed by atoms with Gasteiger partial charge in [0, 0.05) is 6.54 Å². The van der Waals surface area contributed by atoms with Gasteiger partial charge in [-0.3, -0.25) is 14.4 Å². The maximum Gasteiger partial charge on any atom is 0.294 e. The zero-order valence-corrected chi connectivity index (χ0v) is 12.9. The first-order valence-electron chi connectivity index (χ1n) is 6.28. The molecule has 0 spiro atoms. The highest BCUT2D eigenvalue weighted by molar-refractivity contribution is 7.99. The first kappa shape index (κ1) is 17.0. The number of carbonyl (C=O) groups is 2. The van der Waals surface area contributed by atoms with Crippen LogP contribution < -0.4 is 22.0 Å². The summed E-state index contributed by atoms with van der Waals surface area (Å²) in [6, 6.07) is -0.637. The number of amides is 2. The van der Waals surface area contributed by atoms with Gasteiger partial charge in [-0.1, -0.05) is 11.8 Å². The van der Waals surface area contributed by atoms with Gasteiger partial charge in [0.15, 0.2) is 0 Å². The fraction of sp³-hybridized carbons (Fsp3) is 0.545. The van der Waals surface area contributed by atoms with Crippen molar-refractivity contribution < 1.29 is 9.59 Å². The summed E-state index contributed by atoms with van der Waals surface area (Å²) >= 11 is 0.966. The van der Waals surface area contributed by atoms with Crippen LogP contribution in [0.4, 0.5) is 0 Å². The van der Waals surface area contributed by atoms with E-state index in [1.54, 1.807) is 13.8 Å². The van der Waals surface area contributed by atoms with Crippen LogP contribution in [0, 0.1) is 6.92 Å². The summed E-state index contributed by atoms with van der Waals surface area (Å²) in [5.41, 5.74) is -0.292. The molecule has 0 unspecified atom stereocenters. The van der Waals surface area contributed by atoms with E-state index in [1.807, 2.05) is 0 Å². The van der Waals surface area contributed by atoms with Gasteiger partial charge in [0.05, 0.1) is 5.75 Å². The minimum Gasteiger partial charge on any atom is -0.355 e. The smallest absolute Gasteiger partial charge is 0.294 e. The van der Waals surface area contributed by atoms with Crippen LogP contribution in [0.3, 0.4) is 0 Å². The first-order chi connectivity index (χ1) is 9.86. The van der Waals surface area contributed by atoms with E-state index in [0.29, 0.717) is 6.54 Å². The lowest BCUT2D eigenvalue weighted by Crippen LogP contribution is -2.45. The van der Waals surface area contributed by atoms with Crippen molar-refractivity contribution in [2.75, 3.05) is 18.1 Å². The standard InChI is InChI=1S/C11H18N6O3S/c1-4-13-9(19)6(2)14-8(18)5-21-11-16-15-7(3)10(20)17(11)12/h6H,4-5,12H2,1-3H3,(H,13,19)(H,14,18)/t6-/m0/s1. The molecule has 0 aliphatic carbocycles. The maximum absolute atomic E-state index is 11.7. The van der Waals surface area contributed by atoms with Crippen molar-refractivity contribution in [2.45, 2.75) is 32.0 Å². The SMILES string of the molecule is CCNC(=O)[C@H](C)NC(=O)CSc1nnc(C)c(=O)n1N. The van der Waals surface area contributed by atoms with Crippen LogP contribution in [0.5, 0.6) is 0 Å². The highest BCUT2D eigenvalue weighted by atomic mass is 32.2. The third kappa shape index (κ3) is 4.74. The molecule has 4 N–H and O–H groups in total. The Labute approximate surface area is 125 Å². The van der Waals surface area contributed by atoms with Gasteiger partial charge >= 0.3 is 0 Å². The molecule has 1 heterocycles. The van der Waals surface area contributed by atoms with Crippen molar-refractivity contribution >= 4 is 23.6 Å². The van der Waals surface area contributed by atoms with Crippen molar-refractivity contribution in [1.82, 2.24) is 25.5 Å². The van der Waals surface area contributed by atoms with E-state index in [-0.39, 0.29) is 28.4 Å². The Balaban J connectivity index is 2.56. The average molecular weight is 314 g/mol. The number of carbonyl (C=O) groups excluding carboxylic acids is 2. The van der Waals surface area contributed by atoms with E-state index in [1.165, 1.54) is 6.92 Å². The van der Waals surface area contributed by atoms with Crippen LogP contribution >= 0.6 is 11.8 Å². The van der Waals surface area contributed by atoms with E-state index in [9.17, 15) is 14.4 Å². The van der Waals surface area contributed by atoms with Gasteiger partial charge in [0.1, 0.15) is 11.7 Å². The van der Waals surface area contributed by atoms with Gasteiger partial charge in [-0.05, 0) is 20.8 Å². The van der Waals surface area contributed by atoms with Crippen molar-refractivity contribution in [1.29, 1.82) is 0 Å². The molecule has 116 valence electrons. The van der Waals surface area contributed by atoms with Crippen molar-refractivity contribution in [3.05, 3.63) is 16.0 Å². The molecule has 10 heteroatoms. The molecule has 0 aromatic carbocycles. The summed E-state index contributed by atoms with van der Waals surface area (Å²) in [5, 5.41) is 12.7. The third-order valence-electron chi connectivity index (χ3n) is 2.47. The topological polar surface area (TPSA) is 132 Å². The molecule has 0 radical (unpaired) electrons. The quantitative estimate of drug-likeness (QED) is 0.425. The number of aryl methyl sites for hydroxylation is 1. The first-order valence-corrected chi connectivity index (χ1v) is 7.26. The van der Waals surface area contributed by atoms with E-state index in [4.69, 9.17) is 5.84 Å². The van der Waals surface area contributed by atoms with Crippen LogP contribution in [-0.4, -0.2) is 45.0 Å². The molecule has 0 aliphatic heterocycles. The summed E-state index contributed by atoms with van der Waals surface area (Å²) < 4.78 is 0.841. The number of rotatable bonds is 6.